The second kappa shape index (κ2) is 6.23. The lowest BCUT2D eigenvalue weighted by molar-refractivity contribution is 0.0995. The number of hydrogen-bond donors (Lipinski definition) is 2. The highest BCUT2D eigenvalue weighted by molar-refractivity contribution is 7.91. The van der Waals surface area contributed by atoms with Gasteiger partial charge in [0, 0.05) is 24.7 Å². The molecule has 0 unspecified atom stereocenters. The molecule has 1 amide bonds. The predicted octanol–water partition coefficient (Wildman–Crippen LogP) is 1.79. The molecule has 1 fully saturated rings. The van der Waals surface area contributed by atoms with Gasteiger partial charge in [-0.3, -0.25) is 9.89 Å². The fourth-order valence-corrected chi connectivity index (χ4v) is 5.75. The number of H-pyrrole nitrogens is 1. The Labute approximate surface area is 142 Å². The number of nitrogens with two attached hydrogens (primary N) is 1. The maximum atomic E-state index is 12.5. The van der Waals surface area contributed by atoms with Gasteiger partial charge >= 0.3 is 0 Å². The summed E-state index contributed by atoms with van der Waals surface area (Å²) in [5, 5.41) is 6.68. The van der Waals surface area contributed by atoms with Crippen molar-refractivity contribution in [1.29, 1.82) is 0 Å². The Morgan fingerprint density at radius 2 is 2.09 bits per heavy atom. The van der Waals surface area contributed by atoms with E-state index in [2.05, 4.69) is 10.2 Å². The van der Waals surface area contributed by atoms with Crippen molar-refractivity contribution in [2.24, 2.45) is 5.73 Å². The van der Waals surface area contributed by atoms with Gasteiger partial charge < -0.3 is 5.73 Å². The summed E-state index contributed by atoms with van der Waals surface area (Å²) in [6, 6.07) is 4.75. The second-order valence-electron chi connectivity index (χ2n) is 5.31. The van der Waals surface area contributed by atoms with E-state index in [4.69, 9.17) is 17.3 Å². The summed E-state index contributed by atoms with van der Waals surface area (Å²) in [6.07, 6.45) is 1.30. The number of thiophene rings is 1. The van der Waals surface area contributed by atoms with Gasteiger partial charge in [-0.15, -0.1) is 11.3 Å². The van der Waals surface area contributed by atoms with Crippen LogP contribution < -0.4 is 5.73 Å². The van der Waals surface area contributed by atoms with E-state index in [1.165, 1.54) is 10.4 Å². The van der Waals surface area contributed by atoms with Gasteiger partial charge in [-0.2, -0.15) is 9.40 Å². The van der Waals surface area contributed by atoms with Crippen LogP contribution in [0.5, 0.6) is 0 Å². The Morgan fingerprint density at radius 1 is 1.39 bits per heavy atom. The van der Waals surface area contributed by atoms with Crippen LogP contribution in [0.2, 0.25) is 4.34 Å². The topological polar surface area (TPSA) is 109 Å². The van der Waals surface area contributed by atoms with Crippen LogP contribution in [0.3, 0.4) is 0 Å². The van der Waals surface area contributed by atoms with Crippen LogP contribution in [0, 0.1) is 0 Å². The number of carbonyl (C=O) groups is 1. The van der Waals surface area contributed by atoms with Gasteiger partial charge in [-0.25, -0.2) is 8.42 Å². The van der Waals surface area contributed by atoms with Gasteiger partial charge in [0.1, 0.15) is 9.90 Å². The number of nitrogens with one attached hydrogen (secondary N) is 1. The van der Waals surface area contributed by atoms with Gasteiger partial charge in [0.15, 0.2) is 0 Å². The molecule has 0 aliphatic carbocycles. The van der Waals surface area contributed by atoms with Crippen molar-refractivity contribution < 1.29 is 13.2 Å². The minimum absolute atomic E-state index is 0.133. The molecule has 0 atom stereocenters. The summed E-state index contributed by atoms with van der Waals surface area (Å²) in [5.74, 6) is -0.448. The third-order valence-electron chi connectivity index (χ3n) is 3.89. The van der Waals surface area contributed by atoms with Crippen molar-refractivity contribution in [3.05, 3.63) is 33.9 Å². The van der Waals surface area contributed by atoms with Gasteiger partial charge in [0.2, 0.25) is 0 Å². The maximum absolute atomic E-state index is 12.5. The Bertz CT molecular complexity index is 822. The quantitative estimate of drug-likeness (QED) is 0.850. The Hall–Kier alpha value is -1.42. The molecule has 0 spiro atoms. The fraction of sp³-hybridized carbons (Fsp3) is 0.385. The van der Waals surface area contributed by atoms with Gasteiger partial charge in [-0.05, 0) is 31.0 Å². The molecule has 2 aromatic heterocycles. The smallest absolute Gasteiger partial charge is 0.269 e. The van der Waals surface area contributed by atoms with E-state index in [0.717, 1.165) is 17.0 Å². The van der Waals surface area contributed by atoms with Gasteiger partial charge in [0.25, 0.3) is 15.9 Å². The third kappa shape index (κ3) is 3.27. The third-order valence-corrected chi connectivity index (χ3v) is 7.48. The summed E-state index contributed by atoms with van der Waals surface area (Å²) in [5.41, 5.74) is 6.20. The van der Waals surface area contributed by atoms with E-state index in [1.807, 2.05) is 0 Å². The normalized spacial score (nSPS) is 17.4. The molecule has 0 aromatic carbocycles. The lowest BCUT2D eigenvalue weighted by Gasteiger charge is -2.30. The zero-order valence-corrected chi connectivity index (χ0v) is 14.4. The van der Waals surface area contributed by atoms with Gasteiger partial charge in [-0.1, -0.05) is 11.6 Å². The molecule has 10 heteroatoms. The minimum Gasteiger partial charge on any atom is -0.364 e. The average Bonchev–Trinajstić information content (AvgIpc) is 3.16. The van der Waals surface area contributed by atoms with Crippen LogP contribution in [0.4, 0.5) is 0 Å². The molecule has 2 aromatic rings. The Morgan fingerprint density at radius 3 is 2.61 bits per heavy atom. The van der Waals surface area contributed by atoms with Crippen molar-refractivity contribution in [3.63, 3.8) is 0 Å². The monoisotopic (exact) mass is 374 g/mol. The summed E-state index contributed by atoms with van der Waals surface area (Å²) >= 11 is 6.88. The minimum atomic E-state index is -3.49. The molecular formula is C13H15ClN4O3S2. The predicted molar refractivity (Wildman–Crippen MR) is 87.2 cm³/mol. The van der Waals surface area contributed by atoms with Crippen LogP contribution >= 0.6 is 22.9 Å². The fourth-order valence-electron chi connectivity index (χ4n) is 2.64. The molecule has 7 nitrogen and oxygen atoms in total. The molecule has 1 aliphatic rings. The van der Waals surface area contributed by atoms with E-state index in [-0.39, 0.29) is 15.8 Å². The molecule has 3 rings (SSSR count). The molecule has 0 radical (unpaired) electrons. The molecule has 3 N–H and O–H groups in total. The highest BCUT2D eigenvalue weighted by Crippen LogP contribution is 2.33. The van der Waals surface area contributed by atoms with Crippen molar-refractivity contribution in [3.8, 4) is 0 Å². The van der Waals surface area contributed by atoms with Crippen molar-refractivity contribution >= 4 is 38.9 Å². The Balaban J connectivity index is 1.69. The molecule has 3 heterocycles. The number of hydrogen-bond acceptors (Lipinski definition) is 5. The summed E-state index contributed by atoms with van der Waals surface area (Å²) in [4.78, 5) is 11.1. The molecule has 23 heavy (non-hydrogen) atoms. The average molecular weight is 375 g/mol. The van der Waals surface area contributed by atoms with Crippen LogP contribution in [0.25, 0.3) is 0 Å². The highest BCUT2D eigenvalue weighted by atomic mass is 35.5. The van der Waals surface area contributed by atoms with Crippen LogP contribution in [0.1, 0.15) is 34.9 Å². The van der Waals surface area contributed by atoms with E-state index in [9.17, 15) is 13.2 Å². The van der Waals surface area contributed by atoms with Crippen LogP contribution in [0.15, 0.2) is 22.4 Å². The standard InChI is InChI=1S/C13H15ClN4O3S2/c14-11-1-2-12(22-11)23(20,21)18-5-3-8(4-6-18)9-7-10(13(15)19)17-16-9/h1-2,7-8H,3-6H2,(H2,15,19)(H,16,17). The van der Waals surface area contributed by atoms with Crippen LogP contribution in [-0.2, 0) is 10.0 Å². The zero-order valence-electron chi connectivity index (χ0n) is 12.0. The van der Waals surface area contributed by atoms with Crippen molar-refractivity contribution in [1.82, 2.24) is 14.5 Å². The number of carbonyl (C=O) groups excluding carboxylic acids is 1. The molecule has 1 aliphatic heterocycles. The molecular weight excluding hydrogens is 360 g/mol. The first-order valence-corrected chi connectivity index (χ1v) is 9.62. The first-order chi connectivity index (χ1) is 10.9. The molecule has 124 valence electrons. The molecule has 0 saturated carbocycles. The number of amides is 1. The number of nitrogens with zero attached hydrogens (tertiary/aromatic N) is 2. The molecule has 0 bridgehead atoms. The SMILES string of the molecule is NC(=O)c1cc(C2CCN(S(=O)(=O)c3ccc(Cl)s3)CC2)[nH]n1. The number of primary amides is 1. The van der Waals surface area contributed by atoms with Crippen LogP contribution in [-0.4, -0.2) is 41.9 Å². The zero-order chi connectivity index (χ0) is 16.6. The number of sulfonamides is 1. The first-order valence-electron chi connectivity index (χ1n) is 6.98. The largest absolute Gasteiger partial charge is 0.364 e. The number of rotatable bonds is 4. The number of piperidine rings is 1. The van der Waals surface area contributed by atoms with E-state index < -0.39 is 15.9 Å². The first kappa shape index (κ1) is 16.4. The van der Waals surface area contributed by atoms with Crippen molar-refractivity contribution in [2.45, 2.75) is 23.0 Å². The lowest BCUT2D eigenvalue weighted by Crippen LogP contribution is -2.37. The highest BCUT2D eigenvalue weighted by Gasteiger charge is 2.31. The Kier molecular flexibility index (Phi) is 4.45. The van der Waals surface area contributed by atoms with E-state index in [0.29, 0.717) is 30.3 Å². The maximum Gasteiger partial charge on any atom is 0.269 e. The number of aromatic amines is 1. The summed E-state index contributed by atoms with van der Waals surface area (Å²) in [7, 11) is -3.49. The lowest BCUT2D eigenvalue weighted by atomic mass is 9.94. The van der Waals surface area contributed by atoms with E-state index >= 15 is 0 Å². The second-order valence-corrected chi connectivity index (χ2v) is 9.19. The summed E-state index contributed by atoms with van der Waals surface area (Å²) < 4.78 is 27.3. The molecule has 1 saturated heterocycles. The number of aromatic nitrogens is 2. The van der Waals surface area contributed by atoms with Crippen molar-refractivity contribution in [2.75, 3.05) is 13.1 Å². The summed E-state index contributed by atoms with van der Waals surface area (Å²) in [6.45, 7) is 0.820. The van der Waals surface area contributed by atoms with Gasteiger partial charge in [0.05, 0.1) is 4.34 Å². The number of halogens is 1. The van der Waals surface area contributed by atoms with E-state index in [1.54, 1.807) is 12.1 Å².